The van der Waals surface area contributed by atoms with Crippen LogP contribution in [0.25, 0.3) is 0 Å². The number of nitrogens with zero attached hydrogens (tertiary/aromatic N) is 1. The third-order valence-electron chi connectivity index (χ3n) is 2.41. The van der Waals surface area contributed by atoms with Crippen molar-refractivity contribution in [3.8, 4) is 0 Å². The smallest absolute Gasteiger partial charge is 0.257 e. The summed E-state index contributed by atoms with van der Waals surface area (Å²) in [7, 11) is 0. The first-order chi connectivity index (χ1) is 9.04. The molecule has 0 bridgehead atoms. The molecule has 1 atom stereocenters. The zero-order valence-electron chi connectivity index (χ0n) is 10.4. The quantitative estimate of drug-likeness (QED) is 0.899. The number of amides is 1. The number of halogens is 1. The third kappa shape index (κ3) is 4.12. The molecule has 1 aromatic heterocycles. The molecule has 1 heterocycles. The van der Waals surface area contributed by atoms with Crippen LogP contribution in [0.15, 0.2) is 34.1 Å². The van der Waals surface area contributed by atoms with Crippen molar-refractivity contribution in [2.75, 3.05) is 5.32 Å². The summed E-state index contributed by atoms with van der Waals surface area (Å²) in [6, 6.07) is 7.25. The van der Waals surface area contributed by atoms with Crippen LogP contribution >= 0.6 is 27.3 Å². The predicted octanol–water partition coefficient (Wildman–Crippen LogP) is 3.05. The van der Waals surface area contributed by atoms with E-state index in [0.717, 1.165) is 10.2 Å². The number of hydrogen-bond acceptors (Lipinski definition) is 4. The lowest BCUT2D eigenvalue weighted by molar-refractivity contribution is 0.102. The maximum absolute atomic E-state index is 12.0. The number of thiazole rings is 1. The minimum atomic E-state index is -0.158. The van der Waals surface area contributed by atoms with Gasteiger partial charge in [-0.25, -0.2) is 4.98 Å². The van der Waals surface area contributed by atoms with E-state index in [0.29, 0.717) is 17.1 Å². The highest BCUT2D eigenvalue weighted by Gasteiger charge is 2.09. The van der Waals surface area contributed by atoms with E-state index in [1.54, 1.807) is 12.1 Å². The van der Waals surface area contributed by atoms with E-state index in [2.05, 4.69) is 26.2 Å². The van der Waals surface area contributed by atoms with E-state index in [1.165, 1.54) is 11.3 Å². The first kappa shape index (κ1) is 14.2. The Bertz CT molecular complexity index is 566. The molecule has 1 aromatic carbocycles. The number of anilines is 1. The average molecular weight is 340 g/mol. The predicted molar refractivity (Wildman–Crippen MR) is 81.6 cm³/mol. The van der Waals surface area contributed by atoms with E-state index >= 15 is 0 Å². The van der Waals surface area contributed by atoms with Crippen molar-refractivity contribution in [2.24, 2.45) is 5.73 Å². The Kier molecular flexibility index (Phi) is 4.68. The van der Waals surface area contributed by atoms with Gasteiger partial charge in [0.25, 0.3) is 5.91 Å². The van der Waals surface area contributed by atoms with Gasteiger partial charge in [-0.2, -0.15) is 0 Å². The molecule has 6 heteroatoms. The van der Waals surface area contributed by atoms with Crippen molar-refractivity contribution in [1.82, 2.24) is 4.98 Å². The van der Waals surface area contributed by atoms with Gasteiger partial charge in [-0.1, -0.05) is 15.9 Å². The van der Waals surface area contributed by atoms with Crippen LogP contribution in [0.5, 0.6) is 0 Å². The fourth-order valence-corrected chi connectivity index (χ4v) is 2.54. The van der Waals surface area contributed by atoms with E-state index in [4.69, 9.17) is 5.73 Å². The lowest BCUT2D eigenvalue weighted by Gasteiger charge is -2.02. The fraction of sp³-hybridized carbons (Fsp3) is 0.231. The van der Waals surface area contributed by atoms with Gasteiger partial charge in [0.05, 0.1) is 5.69 Å². The summed E-state index contributed by atoms with van der Waals surface area (Å²) in [6.45, 7) is 1.93. The van der Waals surface area contributed by atoms with Crippen molar-refractivity contribution in [2.45, 2.75) is 19.4 Å². The number of carbonyl (C=O) groups is 1. The molecule has 0 radical (unpaired) electrons. The zero-order valence-corrected chi connectivity index (χ0v) is 12.8. The van der Waals surface area contributed by atoms with Crippen LogP contribution in [0.2, 0.25) is 0 Å². The van der Waals surface area contributed by atoms with Gasteiger partial charge in [0.15, 0.2) is 5.13 Å². The summed E-state index contributed by atoms with van der Waals surface area (Å²) in [5, 5.41) is 5.30. The Labute approximate surface area is 124 Å². The number of nitrogens with one attached hydrogen (secondary N) is 1. The van der Waals surface area contributed by atoms with Gasteiger partial charge in [0, 0.05) is 27.9 Å². The monoisotopic (exact) mass is 339 g/mol. The van der Waals surface area contributed by atoms with Gasteiger partial charge < -0.3 is 5.73 Å². The maximum atomic E-state index is 12.0. The third-order valence-corrected chi connectivity index (χ3v) is 3.74. The van der Waals surface area contributed by atoms with E-state index in [-0.39, 0.29) is 11.9 Å². The van der Waals surface area contributed by atoms with Gasteiger partial charge in [-0.3, -0.25) is 10.1 Å². The van der Waals surface area contributed by atoms with Crippen molar-refractivity contribution in [3.05, 3.63) is 45.4 Å². The molecule has 2 aromatic rings. The molecule has 0 aliphatic rings. The minimum absolute atomic E-state index is 0.0668. The van der Waals surface area contributed by atoms with Crippen LogP contribution in [0.1, 0.15) is 23.0 Å². The number of carbonyl (C=O) groups excluding carboxylic acids is 1. The largest absolute Gasteiger partial charge is 0.328 e. The van der Waals surface area contributed by atoms with Crippen LogP contribution in [0.3, 0.4) is 0 Å². The summed E-state index contributed by atoms with van der Waals surface area (Å²) < 4.78 is 0.942. The van der Waals surface area contributed by atoms with Crippen molar-refractivity contribution >= 4 is 38.3 Å². The highest BCUT2D eigenvalue weighted by molar-refractivity contribution is 9.10. The topological polar surface area (TPSA) is 68.0 Å². The molecule has 4 nitrogen and oxygen atoms in total. The van der Waals surface area contributed by atoms with Gasteiger partial charge >= 0.3 is 0 Å². The Hall–Kier alpha value is -1.24. The second-order valence-corrected chi connectivity index (χ2v) is 6.06. The number of benzene rings is 1. The van der Waals surface area contributed by atoms with Crippen LogP contribution in [0.4, 0.5) is 5.13 Å². The van der Waals surface area contributed by atoms with Gasteiger partial charge in [-0.05, 0) is 31.2 Å². The van der Waals surface area contributed by atoms with Crippen LogP contribution < -0.4 is 11.1 Å². The molecule has 0 fully saturated rings. The molecular weight excluding hydrogens is 326 g/mol. The van der Waals surface area contributed by atoms with Crippen molar-refractivity contribution < 1.29 is 4.79 Å². The van der Waals surface area contributed by atoms with Gasteiger partial charge in [0.1, 0.15) is 0 Å². The molecule has 0 aliphatic heterocycles. The summed E-state index contributed by atoms with van der Waals surface area (Å²) in [4.78, 5) is 16.3. The molecule has 100 valence electrons. The first-order valence-electron chi connectivity index (χ1n) is 5.81. The number of rotatable bonds is 4. The molecular formula is C13H14BrN3OS. The van der Waals surface area contributed by atoms with E-state index in [9.17, 15) is 4.79 Å². The SMILES string of the molecule is CC(N)Cc1csc(NC(=O)c2ccc(Br)cc2)n1. The average Bonchev–Trinajstić information content (AvgIpc) is 2.76. The summed E-state index contributed by atoms with van der Waals surface area (Å²) in [6.07, 6.45) is 0.713. The summed E-state index contributed by atoms with van der Waals surface area (Å²) in [5.41, 5.74) is 7.23. The van der Waals surface area contributed by atoms with E-state index in [1.807, 2.05) is 24.4 Å². The number of aromatic nitrogens is 1. The number of hydrogen-bond donors (Lipinski definition) is 2. The molecule has 1 unspecified atom stereocenters. The highest BCUT2D eigenvalue weighted by Crippen LogP contribution is 2.18. The van der Waals surface area contributed by atoms with E-state index < -0.39 is 0 Å². The summed E-state index contributed by atoms with van der Waals surface area (Å²) in [5.74, 6) is -0.158. The molecule has 0 aliphatic carbocycles. The van der Waals surface area contributed by atoms with Gasteiger partial charge in [-0.15, -0.1) is 11.3 Å². The van der Waals surface area contributed by atoms with Crippen LogP contribution in [-0.2, 0) is 6.42 Å². The molecule has 19 heavy (non-hydrogen) atoms. The van der Waals surface area contributed by atoms with Crippen LogP contribution in [0, 0.1) is 0 Å². The van der Waals surface area contributed by atoms with Crippen molar-refractivity contribution in [3.63, 3.8) is 0 Å². The van der Waals surface area contributed by atoms with Crippen molar-refractivity contribution in [1.29, 1.82) is 0 Å². The Balaban J connectivity index is 2.02. The standard InChI is InChI=1S/C13H14BrN3OS/c1-8(15)6-11-7-19-13(16-11)17-12(18)9-2-4-10(14)5-3-9/h2-5,7-8H,6,15H2,1H3,(H,16,17,18). The Morgan fingerprint density at radius 1 is 1.47 bits per heavy atom. The molecule has 0 saturated carbocycles. The second-order valence-electron chi connectivity index (χ2n) is 4.29. The minimum Gasteiger partial charge on any atom is -0.328 e. The first-order valence-corrected chi connectivity index (χ1v) is 7.49. The molecule has 0 saturated heterocycles. The summed E-state index contributed by atoms with van der Waals surface area (Å²) >= 11 is 4.74. The van der Waals surface area contributed by atoms with Gasteiger partial charge in [0.2, 0.25) is 0 Å². The fourth-order valence-electron chi connectivity index (χ4n) is 1.56. The van der Waals surface area contributed by atoms with Crippen LogP contribution in [-0.4, -0.2) is 16.9 Å². The highest BCUT2D eigenvalue weighted by atomic mass is 79.9. The Morgan fingerprint density at radius 2 is 2.16 bits per heavy atom. The Morgan fingerprint density at radius 3 is 2.79 bits per heavy atom. The maximum Gasteiger partial charge on any atom is 0.257 e. The molecule has 2 rings (SSSR count). The lowest BCUT2D eigenvalue weighted by atomic mass is 10.2. The molecule has 0 spiro atoms. The second kappa shape index (κ2) is 6.27. The molecule has 3 N–H and O–H groups in total. The molecule has 1 amide bonds. The zero-order chi connectivity index (χ0) is 13.8. The lowest BCUT2D eigenvalue weighted by Crippen LogP contribution is -2.18. The number of nitrogens with two attached hydrogens (primary N) is 1. The normalized spacial score (nSPS) is 12.2.